The van der Waals surface area contributed by atoms with Crippen LogP contribution < -0.4 is 14.8 Å². The van der Waals surface area contributed by atoms with E-state index in [1.165, 1.54) is 0 Å². The molecule has 0 amide bonds. The van der Waals surface area contributed by atoms with Gasteiger partial charge < -0.3 is 14.8 Å². The fourth-order valence-corrected chi connectivity index (χ4v) is 3.14. The molecule has 0 saturated heterocycles. The van der Waals surface area contributed by atoms with Gasteiger partial charge in [-0.3, -0.25) is 4.98 Å². The third-order valence-electron chi connectivity index (χ3n) is 4.54. The molecule has 1 aromatic carbocycles. The Balaban J connectivity index is 1.94. The summed E-state index contributed by atoms with van der Waals surface area (Å²) >= 11 is 0. The molecule has 0 aliphatic rings. The number of ether oxygens (including phenoxy) is 2. The van der Waals surface area contributed by atoms with E-state index in [0.29, 0.717) is 17.4 Å². The molecule has 0 bridgehead atoms. The van der Waals surface area contributed by atoms with E-state index in [1.807, 2.05) is 43.3 Å². The van der Waals surface area contributed by atoms with Crippen LogP contribution in [0.5, 0.6) is 11.5 Å². The summed E-state index contributed by atoms with van der Waals surface area (Å²) in [5.74, 6) is 1.86. The van der Waals surface area contributed by atoms with Crippen LogP contribution in [0, 0.1) is 0 Å². The van der Waals surface area contributed by atoms with Crippen molar-refractivity contribution in [3.63, 3.8) is 0 Å². The Bertz CT molecular complexity index is 1130. The molecular weight excluding hydrogens is 366 g/mol. The van der Waals surface area contributed by atoms with Gasteiger partial charge in [0.25, 0.3) is 0 Å². The fraction of sp³-hybridized carbons (Fsp3) is 0.182. The summed E-state index contributed by atoms with van der Waals surface area (Å²) in [5, 5.41) is 4.02. The van der Waals surface area contributed by atoms with E-state index in [4.69, 9.17) is 14.5 Å². The molecular formula is C22H21N5O2. The van der Waals surface area contributed by atoms with Gasteiger partial charge in [-0.25, -0.2) is 15.0 Å². The van der Waals surface area contributed by atoms with Gasteiger partial charge in [0.1, 0.15) is 0 Å². The molecule has 0 unspecified atom stereocenters. The molecule has 0 saturated carbocycles. The second-order valence-electron chi connectivity index (χ2n) is 6.32. The first-order valence-corrected chi connectivity index (χ1v) is 9.28. The minimum atomic E-state index is 0.591. The lowest BCUT2D eigenvalue weighted by Crippen LogP contribution is -2.01. The molecule has 3 aromatic heterocycles. The average Bonchev–Trinajstić information content (AvgIpc) is 2.78. The van der Waals surface area contributed by atoms with Gasteiger partial charge in [0.05, 0.1) is 31.1 Å². The normalized spacial score (nSPS) is 10.7. The number of anilines is 1. The molecule has 0 spiro atoms. The van der Waals surface area contributed by atoms with E-state index in [0.717, 1.165) is 40.0 Å². The van der Waals surface area contributed by atoms with E-state index in [1.54, 1.807) is 32.8 Å². The van der Waals surface area contributed by atoms with Crippen LogP contribution in [0.3, 0.4) is 0 Å². The fourth-order valence-electron chi connectivity index (χ4n) is 3.14. The summed E-state index contributed by atoms with van der Waals surface area (Å²) in [5.41, 5.74) is 4.14. The van der Waals surface area contributed by atoms with Crippen LogP contribution >= 0.6 is 0 Å². The third kappa shape index (κ3) is 3.67. The Labute approximate surface area is 168 Å². The zero-order valence-electron chi connectivity index (χ0n) is 16.5. The van der Waals surface area contributed by atoms with E-state index in [9.17, 15) is 0 Å². The molecule has 1 N–H and O–H groups in total. The lowest BCUT2D eigenvalue weighted by molar-refractivity contribution is 0.356. The number of nitrogens with zero attached hydrogens (tertiary/aromatic N) is 4. The summed E-state index contributed by atoms with van der Waals surface area (Å²) in [7, 11) is 3.23. The third-order valence-corrected chi connectivity index (χ3v) is 4.54. The monoisotopic (exact) mass is 387 g/mol. The summed E-state index contributed by atoms with van der Waals surface area (Å²) in [6.07, 6.45) is 5.31. The van der Waals surface area contributed by atoms with E-state index in [2.05, 4.69) is 20.3 Å². The first kappa shape index (κ1) is 18.6. The van der Waals surface area contributed by atoms with Gasteiger partial charge in [-0.1, -0.05) is 6.07 Å². The summed E-state index contributed by atoms with van der Waals surface area (Å²) in [6, 6.07) is 11.6. The molecule has 4 rings (SSSR count). The van der Waals surface area contributed by atoms with Crippen LogP contribution in [0.25, 0.3) is 33.4 Å². The Morgan fingerprint density at radius 1 is 0.897 bits per heavy atom. The van der Waals surface area contributed by atoms with Crippen molar-refractivity contribution < 1.29 is 9.47 Å². The van der Waals surface area contributed by atoms with Crippen molar-refractivity contribution in [2.75, 3.05) is 26.1 Å². The highest BCUT2D eigenvalue weighted by molar-refractivity contribution is 5.97. The van der Waals surface area contributed by atoms with Gasteiger partial charge in [-0.15, -0.1) is 0 Å². The summed E-state index contributed by atoms with van der Waals surface area (Å²) in [4.78, 5) is 18.1. The topological polar surface area (TPSA) is 82.1 Å². The van der Waals surface area contributed by atoms with Crippen LogP contribution in [0.15, 0.2) is 55.0 Å². The quantitative estimate of drug-likeness (QED) is 0.531. The van der Waals surface area contributed by atoms with Crippen molar-refractivity contribution in [2.45, 2.75) is 6.92 Å². The first-order valence-electron chi connectivity index (χ1n) is 9.28. The average molecular weight is 387 g/mol. The Morgan fingerprint density at radius 3 is 2.31 bits per heavy atom. The molecule has 29 heavy (non-hydrogen) atoms. The molecule has 4 aromatic rings. The SMILES string of the molecule is CCNc1ncc(-c2cc(-c3ccccn3)c3cc(OC)c(OC)cc3n2)cn1. The van der Waals surface area contributed by atoms with Gasteiger partial charge in [-0.2, -0.15) is 0 Å². The number of pyridine rings is 2. The van der Waals surface area contributed by atoms with Gasteiger partial charge in [0, 0.05) is 47.7 Å². The maximum absolute atomic E-state index is 5.49. The zero-order chi connectivity index (χ0) is 20.2. The molecule has 146 valence electrons. The molecule has 0 radical (unpaired) electrons. The highest BCUT2D eigenvalue weighted by Crippen LogP contribution is 2.37. The number of nitrogens with one attached hydrogen (secondary N) is 1. The molecule has 0 aliphatic heterocycles. The number of methoxy groups -OCH3 is 2. The number of fused-ring (bicyclic) bond motifs is 1. The lowest BCUT2D eigenvalue weighted by Gasteiger charge is -2.13. The van der Waals surface area contributed by atoms with E-state index >= 15 is 0 Å². The van der Waals surface area contributed by atoms with Gasteiger partial charge in [0.2, 0.25) is 5.95 Å². The van der Waals surface area contributed by atoms with Crippen molar-refractivity contribution in [2.24, 2.45) is 0 Å². The van der Waals surface area contributed by atoms with Crippen LogP contribution in [-0.4, -0.2) is 40.7 Å². The van der Waals surface area contributed by atoms with Crippen molar-refractivity contribution in [1.82, 2.24) is 19.9 Å². The van der Waals surface area contributed by atoms with Crippen molar-refractivity contribution >= 4 is 16.9 Å². The molecule has 0 aliphatic carbocycles. The maximum atomic E-state index is 5.49. The van der Waals surface area contributed by atoms with Crippen LogP contribution in [-0.2, 0) is 0 Å². The first-order chi connectivity index (χ1) is 14.2. The van der Waals surface area contributed by atoms with Gasteiger partial charge in [-0.05, 0) is 31.2 Å². The summed E-state index contributed by atoms with van der Waals surface area (Å²) < 4.78 is 11.0. The smallest absolute Gasteiger partial charge is 0.222 e. The van der Waals surface area contributed by atoms with Crippen LogP contribution in [0.1, 0.15) is 6.92 Å². The Morgan fingerprint density at radius 2 is 1.66 bits per heavy atom. The molecule has 7 nitrogen and oxygen atoms in total. The predicted molar refractivity (Wildman–Crippen MR) is 113 cm³/mol. The minimum Gasteiger partial charge on any atom is -0.493 e. The second kappa shape index (κ2) is 8.10. The van der Waals surface area contributed by atoms with Crippen molar-refractivity contribution in [1.29, 1.82) is 0 Å². The summed E-state index contributed by atoms with van der Waals surface area (Å²) in [6.45, 7) is 2.77. The largest absolute Gasteiger partial charge is 0.493 e. The van der Waals surface area contributed by atoms with Crippen molar-refractivity contribution in [3.8, 4) is 34.0 Å². The molecule has 3 heterocycles. The second-order valence-corrected chi connectivity index (χ2v) is 6.32. The molecule has 0 fully saturated rings. The minimum absolute atomic E-state index is 0.591. The van der Waals surface area contributed by atoms with Crippen LogP contribution in [0.2, 0.25) is 0 Å². The van der Waals surface area contributed by atoms with E-state index < -0.39 is 0 Å². The van der Waals surface area contributed by atoms with Crippen molar-refractivity contribution in [3.05, 3.63) is 55.0 Å². The zero-order valence-corrected chi connectivity index (χ0v) is 16.5. The van der Waals surface area contributed by atoms with Gasteiger partial charge >= 0.3 is 0 Å². The Hall–Kier alpha value is -3.74. The van der Waals surface area contributed by atoms with E-state index in [-0.39, 0.29) is 0 Å². The highest BCUT2D eigenvalue weighted by atomic mass is 16.5. The predicted octanol–water partition coefficient (Wildman–Crippen LogP) is 4.20. The molecule has 7 heteroatoms. The molecule has 0 atom stereocenters. The maximum Gasteiger partial charge on any atom is 0.222 e. The number of hydrogen-bond donors (Lipinski definition) is 1. The number of rotatable bonds is 6. The lowest BCUT2D eigenvalue weighted by atomic mass is 10.0. The number of hydrogen-bond acceptors (Lipinski definition) is 7. The standard InChI is InChI=1S/C22H21N5O2/c1-4-23-22-25-12-14(13-26-22)18-9-15(17-7-5-6-8-24-17)16-10-20(28-2)21(29-3)11-19(16)27-18/h5-13H,4H2,1-3H3,(H,23,25,26). The highest BCUT2D eigenvalue weighted by Gasteiger charge is 2.15. The van der Waals surface area contributed by atoms with Crippen LogP contribution in [0.4, 0.5) is 5.95 Å². The number of benzene rings is 1. The van der Waals surface area contributed by atoms with Gasteiger partial charge in [0.15, 0.2) is 11.5 Å². The Kier molecular flexibility index (Phi) is 5.20. The number of aromatic nitrogens is 4.